The second kappa shape index (κ2) is 5.35. The van der Waals surface area contributed by atoms with Gasteiger partial charge in [-0.05, 0) is 11.6 Å². The molecule has 0 heterocycles. The van der Waals surface area contributed by atoms with Crippen LogP contribution in [0.2, 0.25) is 0 Å². The van der Waals surface area contributed by atoms with Gasteiger partial charge in [0.25, 0.3) is 0 Å². The van der Waals surface area contributed by atoms with Crippen molar-refractivity contribution in [3.8, 4) is 0 Å². The van der Waals surface area contributed by atoms with Crippen molar-refractivity contribution < 1.29 is 33.0 Å². The van der Waals surface area contributed by atoms with E-state index < -0.39 is 46.9 Å². The van der Waals surface area contributed by atoms with Gasteiger partial charge in [0.05, 0.1) is 0 Å². The second-order valence-corrected chi connectivity index (χ2v) is 3.35. The molecule has 0 spiro atoms. The number of carboxylic acid groups (broad SMARTS) is 2. The molecule has 1 aromatic rings. The van der Waals surface area contributed by atoms with E-state index in [4.69, 9.17) is 10.2 Å². The minimum atomic E-state index is -1.58. The number of hydrogen-bond acceptors (Lipinski definition) is 2. The van der Waals surface area contributed by atoms with Crippen molar-refractivity contribution >= 4 is 11.9 Å². The highest BCUT2D eigenvalue weighted by Crippen LogP contribution is 2.17. The van der Waals surface area contributed by atoms with Crippen molar-refractivity contribution in [1.82, 2.24) is 0 Å². The van der Waals surface area contributed by atoms with Crippen LogP contribution >= 0.6 is 0 Å². The number of halogens is 3. The molecule has 2 N–H and O–H groups in total. The lowest BCUT2D eigenvalue weighted by molar-refractivity contribution is -0.135. The maximum absolute atomic E-state index is 13.2. The molecule has 0 aliphatic heterocycles. The van der Waals surface area contributed by atoms with Crippen molar-refractivity contribution in [1.29, 1.82) is 0 Å². The molecule has 0 fully saturated rings. The van der Waals surface area contributed by atoms with Crippen LogP contribution in [0.15, 0.2) is 23.8 Å². The summed E-state index contributed by atoms with van der Waals surface area (Å²) < 4.78 is 38.7. The number of hydrogen-bond donors (Lipinski definition) is 2. The van der Waals surface area contributed by atoms with Crippen molar-refractivity contribution in [2.75, 3.05) is 0 Å². The first kappa shape index (κ1) is 13.8. The van der Waals surface area contributed by atoms with Gasteiger partial charge in [0.2, 0.25) is 0 Å². The highest BCUT2D eigenvalue weighted by molar-refractivity contribution is 5.94. The zero-order valence-corrected chi connectivity index (χ0v) is 8.78. The molecule has 96 valence electrons. The molecule has 1 aromatic carbocycles. The van der Waals surface area contributed by atoms with Crippen LogP contribution in [0.25, 0.3) is 0 Å². The van der Waals surface area contributed by atoms with Crippen LogP contribution in [0.1, 0.15) is 5.56 Å². The molecule has 4 nitrogen and oxygen atoms in total. The Hall–Kier alpha value is -2.31. The molecular formula is C11H7F3O4. The zero-order chi connectivity index (χ0) is 13.9. The standard InChI is InChI=1S/C11H7F3O4/c12-7-4-9(14)8(13)2-5(7)1-6(11(17)18)3-10(15)16/h2-4H,1H2,(H,15,16)(H,17,18). The Kier molecular flexibility index (Phi) is 4.09. The quantitative estimate of drug-likeness (QED) is 0.638. The first-order valence-electron chi connectivity index (χ1n) is 4.61. The fourth-order valence-corrected chi connectivity index (χ4v) is 1.24. The van der Waals surface area contributed by atoms with Gasteiger partial charge in [-0.2, -0.15) is 0 Å². The molecular weight excluding hydrogens is 253 g/mol. The van der Waals surface area contributed by atoms with Crippen LogP contribution < -0.4 is 0 Å². The average Bonchev–Trinajstić information content (AvgIpc) is 2.23. The van der Waals surface area contributed by atoms with Crippen molar-refractivity contribution in [3.63, 3.8) is 0 Å². The molecule has 18 heavy (non-hydrogen) atoms. The fourth-order valence-electron chi connectivity index (χ4n) is 1.24. The van der Waals surface area contributed by atoms with E-state index in [-0.39, 0.29) is 6.07 Å². The molecule has 0 amide bonds. The lowest BCUT2D eigenvalue weighted by Crippen LogP contribution is -2.08. The summed E-state index contributed by atoms with van der Waals surface area (Å²) in [6, 6.07) is 0.758. The summed E-state index contributed by atoms with van der Waals surface area (Å²) in [7, 11) is 0. The van der Waals surface area contributed by atoms with Crippen LogP contribution in [0.3, 0.4) is 0 Å². The number of carbonyl (C=O) groups is 2. The minimum Gasteiger partial charge on any atom is -0.478 e. The highest BCUT2D eigenvalue weighted by Gasteiger charge is 2.15. The van der Waals surface area contributed by atoms with Crippen molar-refractivity contribution in [2.45, 2.75) is 6.42 Å². The van der Waals surface area contributed by atoms with E-state index in [0.29, 0.717) is 12.1 Å². The van der Waals surface area contributed by atoms with Gasteiger partial charge in [-0.25, -0.2) is 22.8 Å². The predicted octanol–water partition coefficient (Wildman–Crippen LogP) is 1.74. The monoisotopic (exact) mass is 260 g/mol. The molecule has 7 heteroatoms. The van der Waals surface area contributed by atoms with Gasteiger partial charge in [-0.15, -0.1) is 0 Å². The molecule has 0 atom stereocenters. The van der Waals surface area contributed by atoms with Gasteiger partial charge in [0, 0.05) is 24.1 Å². The molecule has 0 radical (unpaired) electrons. The van der Waals surface area contributed by atoms with E-state index in [1.165, 1.54) is 0 Å². The summed E-state index contributed by atoms with van der Waals surface area (Å²) in [4.78, 5) is 21.0. The average molecular weight is 260 g/mol. The van der Waals surface area contributed by atoms with Gasteiger partial charge >= 0.3 is 11.9 Å². The van der Waals surface area contributed by atoms with Crippen LogP contribution in [-0.4, -0.2) is 22.2 Å². The molecule has 0 aliphatic carbocycles. The number of carboxylic acids is 2. The van der Waals surface area contributed by atoms with Crippen LogP contribution in [-0.2, 0) is 16.0 Å². The van der Waals surface area contributed by atoms with E-state index in [2.05, 4.69) is 0 Å². The maximum atomic E-state index is 13.2. The lowest BCUT2D eigenvalue weighted by atomic mass is 10.0. The zero-order valence-electron chi connectivity index (χ0n) is 8.78. The van der Waals surface area contributed by atoms with Gasteiger partial charge in [-0.1, -0.05) is 0 Å². The largest absolute Gasteiger partial charge is 0.478 e. The van der Waals surface area contributed by atoms with Gasteiger partial charge in [0.15, 0.2) is 11.6 Å². The molecule has 0 saturated heterocycles. The Labute approximate surface area is 99.0 Å². The summed E-state index contributed by atoms with van der Waals surface area (Å²) in [6.45, 7) is 0. The summed E-state index contributed by atoms with van der Waals surface area (Å²) >= 11 is 0. The van der Waals surface area contributed by atoms with Crippen LogP contribution in [0.4, 0.5) is 13.2 Å². The van der Waals surface area contributed by atoms with Crippen molar-refractivity contribution in [3.05, 3.63) is 46.8 Å². The Morgan fingerprint density at radius 1 is 1.06 bits per heavy atom. The summed E-state index contributed by atoms with van der Waals surface area (Å²) in [6.07, 6.45) is -0.298. The first-order valence-corrected chi connectivity index (χ1v) is 4.61. The second-order valence-electron chi connectivity index (χ2n) is 3.35. The molecule has 0 bridgehead atoms. The summed E-state index contributed by atoms with van der Waals surface area (Å²) in [5.74, 6) is -7.01. The molecule has 1 rings (SSSR count). The SMILES string of the molecule is O=C(O)C=C(Cc1cc(F)c(F)cc1F)C(=O)O. The van der Waals surface area contributed by atoms with E-state index in [1.54, 1.807) is 0 Å². The number of rotatable bonds is 4. The Morgan fingerprint density at radius 3 is 2.11 bits per heavy atom. The van der Waals surface area contributed by atoms with E-state index in [0.717, 1.165) is 0 Å². The first-order chi connectivity index (χ1) is 8.31. The topological polar surface area (TPSA) is 74.6 Å². The van der Waals surface area contributed by atoms with Crippen LogP contribution in [0.5, 0.6) is 0 Å². The Balaban J connectivity index is 3.13. The van der Waals surface area contributed by atoms with E-state index >= 15 is 0 Å². The molecule has 0 saturated carbocycles. The smallest absolute Gasteiger partial charge is 0.332 e. The van der Waals surface area contributed by atoms with Crippen LogP contribution in [0, 0.1) is 17.5 Å². The fraction of sp³-hybridized carbons (Fsp3) is 0.0909. The summed E-state index contributed by atoms with van der Waals surface area (Å²) in [5, 5.41) is 17.1. The molecule has 0 unspecified atom stereocenters. The van der Waals surface area contributed by atoms with Crippen molar-refractivity contribution in [2.24, 2.45) is 0 Å². The normalized spacial score (nSPS) is 11.4. The highest BCUT2D eigenvalue weighted by atomic mass is 19.2. The third-order valence-corrected chi connectivity index (χ3v) is 2.04. The third kappa shape index (κ3) is 3.34. The lowest BCUT2D eigenvalue weighted by Gasteiger charge is -2.04. The van der Waals surface area contributed by atoms with Gasteiger partial charge in [-0.3, -0.25) is 0 Å². The van der Waals surface area contributed by atoms with Gasteiger partial charge < -0.3 is 10.2 Å². The Morgan fingerprint density at radius 2 is 1.61 bits per heavy atom. The maximum Gasteiger partial charge on any atom is 0.332 e. The third-order valence-electron chi connectivity index (χ3n) is 2.04. The van der Waals surface area contributed by atoms with E-state index in [1.807, 2.05) is 0 Å². The van der Waals surface area contributed by atoms with E-state index in [9.17, 15) is 22.8 Å². The minimum absolute atomic E-state index is 0.269. The Bertz CT molecular complexity index is 537. The number of aliphatic carboxylic acids is 2. The summed E-state index contributed by atoms with van der Waals surface area (Å²) in [5.41, 5.74) is -1.09. The van der Waals surface area contributed by atoms with Gasteiger partial charge in [0.1, 0.15) is 5.82 Å². The predicted molar refractivity (Wildman–Crippen MR) is 53.4 cm³/mol. The molecule has 0 aliphatic rings. The number of benzene rings is 1. The molecule has 0 aromatic heterocycles.